The van der Waals surface area contributed by atoms with Crippen LogP contribution in [0, 0.1) is 5.92 Å². The Morgan fingerprint density at radius 3 is 2.69 bits per heavy atom. The number of rotatable bonds is 4. The van der Waals surface area contributed by atoms with E-state index in [2.05, 4.69) is 5.16 Å². The molecule has 0 bridgehead atoms. The first kappa shape index (κ1) is 10.9. The van der Waals surface area contributed by atoms with Gasteiger partial charge in [-0.05, 0) is 24.3 Å². The number of carbonyl (C=O) groups is 1. The molecular formula is C13H15NO2. The van der Waals surface area contributed by atoms with Crippen LogP contribution in [0.4, 0.5) is 0 Å². The Bertz CT molecular complexity index is 411. The molecule has 1 fully saturated rings. The highest BCUT2D eigenvalue weighted by Crippen LogP contribution is 2.48. The van der Waals surface area contributed by atoms with Gasteiger partial charge in [-0.25, -0.2) is 0 Å². The second kappa shape index (κ2) is 4.47. The number of nitrogens with zero attached hydrogens (tertiary/aromatic N) is 1. The molecule has 16 heavy (non-hydrogen) atoms. The average Bonchev–Trinajstić information content (AvgIpc) is 3.11. The Labute approximate surface area is 94.8 Å². The minimum absolute atomic E-state index is 0.00106. The average molecular weight is 217 g/mol. The summed E-state index contributed by atoms with van der Waals surface area (Å²) in [6.45, 7) is 1.83. The Morgan fingerprint density at radius 2 is 2.12 bits per heavy atom. The van der Waals surface area contributed by atoms with Crippen molar-refractivity contribution in [2.75, 3.05) is 0 Å². The summed E-state index contributed by atoms with van der Waals surface area (Å²) in [5.74, 6) is 0.337. The second-order valence-electron chi connectivity index (χ2n) is 4.12. The molecule has 0 spiro atoms. The third-order valence-corrected chi connectivity index (χ3v) is 3.09. The van der Waals surface area contributed by atoms with Gasteiger partial charge in [0.05, 0.1) is 0 Å². The van der Waals surface area contributed by atoms with E-state index in [0.717, 1.165) is 6.42 Å². The van der Waals surface area contributed by atoms with Crippen molar-refractivity contribution in [3.8, 4) is 0 Å². The zero-order chi connectivity index (χ0) is 11.5. The molecule has 1 aromatic carbocycles. The van der Waals surface area contributed by atoms with Gasteiger partial charge >= 0.3 is 0 Å². The summed E-state index contributed by atoms with van der Waals surface area (Å²) >= 11 is 0. The fourth-order valence-electron chi connectivity index (χ4n) is 2.06. The van der Waals surface area contributed by atoms with Gasteiger partial charge < -0.3 is 5.21 Å². The van der Waals surface area contributed by atoms with Crippen LogP contribution in [-0.2, 0) is 4.79 Å². The number of Topliss-reactive ketones (excluding diaryl/α,β-unsaturated/α-hetero) is 1. The summed E-state index contributed by atoms with van der Waals surface area (Å²) in [5.41, 5.74) is 1.50. The molecule has 0 heterocycles. The Balaban J connectivity index is 2.05. The largest absolute Gasteiger partial charge is 0.411 e. The number of carbonyl (C=O) groups excluding carboxylic acids is 1. The zero-order valence-corrected chi connectivity index (χ0v) is 9.26. The summed E-state index contributed by atoms with van der Waals surface area (Å²) in [6.07, 6.45) is 1.37. The van der Waals surface area contributed by atoms with Crippen LogP contribution < -0.4 is 0 Å². The van der Waals surface area contributed by atoms with Crippen molar-refractivity contribution in [2.24, 2.45) is 11.1 Å². The van der Waals surface area contributed by atoms with Gasteiger partial charge in [-0.1, -0.05) is 42.4 Å². The summed E-state index contributed by atoms with van der Waals surface area (Å²) in [7, 11) is 0. The van der Waals surface area contributed by atoms with Crippen LogP contribution in [0.3, 0.4) is 0 Å². The highest BCUT2D eigenvalue weighted by Gasteiger charge is 2.44. The molecule has 0 amide bonds. The lowest BCUT2D eigenvalue weighted by Crippen LogP contribution is -2.15. The number of ketones is 1. The summed E-state index contributed by atoms with van der Waals surface area (Å²) in [6, 6.07) is 10.0. The number of hydrogen-bond donors (Lipinski definition) is 1. The fraction of sp³-hybridized carbons (Fsp3) is 0.385. The van der Waals surface area contributed by atoms with Gasteiger partial charge in [0.2, 0.25) is 0 Å². The Morgan fingerprint density at radius 1 is 1.44 bits per heavy atom. The van der Waals surface area contributed by atoms with Gasteiger partial charge in [-0.2, -0.15) is 0 Å². The van der Waals surface area contributed by atoms with E-state index in [0.29, 0.717) is 18.1 Å². The van der Waals surface area contributed by atoms with Crippen LogP contribution >= 0.6 is 0 Å². The molecular weight excluding hydrogens is 202 g/mol. The van der Waals surface area contributed by atoms with Crippen LogP contribution in [0.2, 0.25) is 0 Å². The molecule has 0 unspecified atom stereocenters. The first-order valence-corrected chi connectivity index (χ1v) is 5.58. The maximum absolute atomic E-state index is 11.9. The maximum Gasteiger partial charge on any atom is 0.184 e. The molecule has 1 saturated carbocycles. The van der Waals surface area contributed by atoms with Crippen molar-refractivity contribution in [3.63, 3.8) is 0 Å². The monoisotopic (exact) mass is 217 g/mol. The van der Waals surface area contributed by atoms with Crippen molar-refractivity contribution in [1.82, 2.24) is 0 Å². The molecule has 0 aliphatic heterocycles. The first-order valence-electron chi connectivity index (χ1n) is 5.58. The van der Waals surface area contributed by atoms with E-state index < -0.39 is 0 Å². The van der Waals surface area contributed by atoms with Gasteiger partial charge in [0.15, 0.2) is 5.78 Å². The lowest BCUT2D eigenvalue weighted by atomic mass is 10.0. The molecule has 1 N–H and O–H groups in total. The van der Waals surface area contributed by atoms with Crippen LogP contribution in [0.1, 0.15) is 31.2 Å². The van der Waals surface area contributed by atoms with E-state index in [1.165, 1.54) is 5.56 Å². The third-order valence-electron chi connectivity index (χ3n) is 3.09. The van der Waals surface area contributed by atoms with Crippen molar-refractivity contribution in [3.05, 3.63) is 35.9 Å². The highest BCUT2D eigenvalue weighted by atomic mass is 16.4. The molecule has 1 aromatic rings. The normalized spacial score (nSPS) is 24.2. The molecule has 3 heteroatoms. The predicted molar refractivity (Wildman–Crippen MR) is 61.8 cm³/mol. The molecule has 0 saturated heterocycles. The SMILES string of the molecule is CCC(=NO)C(=O)[C@@H]1C[C@H]1c1ccccc1. The Kier molecular flexibility index (Phi) is 3.04. The van der Waals surface area contributed by atoms with Crippen LogP contribution in [0.15, 0.2) is 35.5 Å². The van der Waals surface area contributed by atoms with Crippen LogP contribution in [-0.4, -0.2) is 16.7 Å². The smallest absolute Gasteiger partial charge is 0.184 e. The first-order chi connectivity index (χ1) is 7.77. The number of oxime groups is 1. The fourth-order valence-corrected chi connectivity index (χ4v) is 2.06. The molecule has 0 radical (unpaired) electrons. The van der Waals surface area contributed by atoms with Crippen molar-refractivity contribution in [1.29, 1.82) is 0 Å². The topological polar surface area (TPSA) is 49.7 Å². The quantitative estimate of drug-likeness (QED) is 0.478. The lowest BCUT2D eigenvalue weighted by Gasteiger charge is -2.00. The van der Waals surface area contributed by atoms with Crippen molar-refractivity contribution >= 4 is 11.5 Å². The van der Waals surface area contributed by atoms with Crippen LogP contribution in [0.5, 0.6) is 0 Å². The number of benzene rings is 1. The minimum atomic E-state index is -0.00106. The molecule has 0 aromatic heterocycles. The summed E-state index contributed by atoms with van der Waals surface area (Å²) < 4.78 is 0. The van der Waals surface area contributed by atoms with Gasteiger partial charge in [-0.15, -0.1) is 0 Å². The predicted octanol–water partition coefficient (Wildman–Crippen LogP) is 2.60. The van der Waals surface area contributed by atoms with Crippen LogP contribution in [0.25, 0.3) is 0 Å². The zero-order valence-electron chi connectivity index (χ0n) is 9.26. The van der Waals surface area contributed by atoms with Gasteiger partial charge in [0.25, 0.3) is 0 Å². The van der Waals surface area contributed by atoms with Gasteiger partial charge in [0.1, 0.15) is 5.71 Å². The van der Waals surface area contributed by atoms with Crippen molar-refractivity contribution < 1.29 is 10.0 Å². The lowest BCUT2D eigenvalue weighted by molar-refractivity contribution is -0.114. The van der Waals surface area contributed by atoms with Gasteiger partial charge in [-0.3, -0.25) is 4.79 Å². The van der Waals surface area contributed by atoms with E-state index >= 15 is 0 Å². The molecule has 84 valence electrons. The van der Waals surface area contributed by atoms with E-state index in [1.807, 2.05) is 37.3 Å². The van der Waals surface area contributed by atoms with E-state index in [1.54, 1.807) is 0 Å². The molecule has 1 aliphatic carbocycles. The van der Waals surface area contributed by atoms with E-state index in [4.69, 9.17) is 5.21 Å². The number of hydrogen-bond acceptors (Lipinski definition) is 3. The molecule has 3 nitrogen and oxygen atoms in total. The van der Waals surface area contributed by atoms with E-state index in [9.17, 15) is 4.79 Å². The third kappa shape index (κ3) is 1.98. The summed E-state index contributed by atoms with van der Waals surface area (Å²) in [5, 5.41) is 11.8. The standard InChI is InChI=1S/C13H15NO2/c1-2-12(14-16)13(15)11-8-10(11)9-6-4-3-5-7-9/h3-7,10-11,16H,2,8H2,1H3/t10-,11+/m0/s1. The molecule has 2 atom stereocenters. The highest BCUT2D eigenvalue weighted by molar-refractivity contribution is 6.41. The molecule has 1 aliphatic rings. The second-order valence-corrected chi connectivity index (χ2v) is 4.12. The minimum Gasteiger partial charge on any atom is -0.411 e. The van der Waals surface area contributed by atoms with E-state index in [-0.39, 0.29) is 11.7 Å². The molecule has 2 rings (SSSR count). The Hall–Kier alpha value is -1.64. The van der Waals surface area contributed by atoms with Crippen molar-refractivity contribution in [2.45, 2.75) is 25.7 Å². The maximum atomic E-state index is 11.9. The summed E-state index contributed by atoms with van der Waals surface area (Å²) in [4.78, 5) is 11.9. The van der Waals surface area contributed by atoms with Gasteiger partial charge in [0, 0.05) is 5.92 Å².